The summed E-state index contributed by atoms with van der Waals surface area (Å²) < 4.78 is 33.7. The third-order valence-electron chi connectivity index (χ3n) is 3.94. The fourth-order valence-electron chi connectivity index (χ4n) is 2.65. The third kappa shape index (κ3) is 27.8. The van der Waals surface area contributed by atoms with Gasteiger partial charge in [0.1, 0.15) is 6.10 Å². The molecule has 6 nitrogen and oxygen atoms in total. The molecule has 0 saturated carbocycles. The van der Waals surface area contributed by atoms with Gasteiger partial charge >= 0.3 is 0 Å². The maximum atomic E-state index is 5.85. The van der Waals surface area contributed by atoms with Crippen LogP contribution in [0.5, 0.6) is 0 Å². The highest BCUT2D eigenvalue weighted by molar-refractivity contribution is 4.61. The van der Waals surface area contributed by atoms with Gasteiger partial charge in [0.05, 0.1) is 55.9 Å². The molecule has 196 valence electrons. The topological polar surface area (TPSA) is 55.4 Å². The van der Waals surface area contributed by atoms with Crippen molar-refractivity contribution in [3.05, 3.63) is 0 Å². The molecular formula is C26H56O6. The highest BCUT2D eigenvalue weighted by atomic mass is 16.6. The molecule has 0 bridgehead atoms. The van der Waals surface area contributed by atoms with Crippen LogP contribution in [0.15, 0.2) is 0 Å². The predicted molar refractivity (Wildman–Crippen MR) is 134 cm³/mol. The number of ether oxygens (including phenoxy) is 6. The summed E-state index contributed by atoms with van der Waals surface area (Å²) in [6.07, 6.45) is 3.70. The lowest BCUT2D eigenvalue weighted by molar-refractivity contribution is -0.0992. The molecule has 0 amide bonds. The first kappa shape index (κ1) is 33.9. The fraction of sp³-hybridized carbons (Fsp3) is 1.00. The first-order valence-electron chi connectivity index (χ1n) is 12.6. The Bertz CT molecular complexity index is 357. The predicted octanol–water partition coefficient (Wildman–Crippen LogP) is 6.04. The molecule has 6 heteroatoms. The summed E-state index contributed by atoms with van der Waals surface area (Å²) in [6, 6.07) is 0. The van der Waals surface area contributed by atoms with Crippen molar-refractivity contribution in [1.82, 2.24) is 0 Å². The zero-order chi connectivity index (χ0) is 25.1. The fourth-order valence-corrected chi connectivity index (χ4v) is 2.65. The Hall–Kier alpha value is -0.240. The maximum absolute atomic E-state index is 5.85. The van der Waals surface area contributed by atoms with E-state index in [-0.39, 0.29) is 36.6 Å². The van der Waals surface area contributed by atoms with Gasteiger partial charge in [-0.1, -0.05) is 0 Å². The SMILES string of the molecule is CC(C)OCC(COC(C)C)OC(C)C.CC(C)OCCC(CCOC(C)C)OC(C)C. The molecule has 0 rings (SSSR count). The van der Waals surface area contributed by atoms with Gasteiger partial charge in [0, 0.05) is 13.2 Å². The number of rotatable bonds is 18. The summed E-state index contributed by atoms with van der Waals surface area (Å²) in [7, 11) is 0. The van der Waals surface area contributed by atoms with Gasteiger partial charge in [0.15, 0.2) is 0 Å². The molecule has 0 heterocycles. The van der Waals surface area contributed by atoms with E-state index in [1.807, 2.05) is 41.5 Å². The van der Waals surface area contributed by atoms with E-state index >= 15 is 0 Å². The van der Waals surface area contributed by atoms with E-state index in [2.05, 4.69) is 41.5 Å². The highest BCUT2D eigenvalue weighted by Gasteiger charge is 2.14. The quantitative estimate of drug-likeness (QED) is 0.246. The molecular weight excluding hydrogens is 408 g/mol. The summed E-state index contributed by atoms with van der Waals surface area (Å²) in [4.78, 5) is 0. The Kier molecular flexibility index (Phi) is 22.6. The largest absolute Gasteiger partial charge is 0.379 e. The van der Waals surface area contributed by atoms with Crippen molar-refractivity contribution < 1.29 is 28.4 Å². The number of hydrogen-bond acceptors (Lipinski definition) is 6. The summed E-state index contributed by atoms with van der Waals surface area (Å²) in [6.45, 7) is 27.2. The Morgan fingerprint density at radius 3 is 0.969 bits per heavy atom. The molecule has 0 radical (unpaired) electrons. The minimum Gasteiger partial charge on any atom is -0.379 e. The molecule has 0 saturated heterocycles. The van der Waals surface area contributed by atoms with Crippen LogP contribution >= 0.6 is 0 Å². The van der Waals surface area contributed by atoms with Crippen molar-refractivity contribution >= 4 is 0 Å². The van der Waals surface area contributed by atoms with Gasteiger partial charge in [-0.2, -0.15) is 0 Å². The summed E-state index contributed by atoms with van der Waals surface area (Å²) in [5.74, 6) is 0. The van der Waals surface area contributed by atoms with Gasteiger partial charge in [-0.05, 0) is 95.9 Å². The van der Waals surface area contributed by atoms with Crippen LogP contribution in [0.3, 0.4) is 0 Å². The smallest absolute Gasteiger partial charge is 0.104 e. The van der Waals surface area contributed by atoms with Gasteiger partial charge in [0.2, 0.25) is 0 Å². The molecule has 0 aromatic heterocycles. The van der Waals surface area contributed by atoms with Crippen molar-refractivity contribution in [1.29, 1.82) is 0 Å². The highest BCUT2D eigenvalue weighted by Crippen LogP contribution is 2.09. The van der Waals surface area contributed by atoms with Crippen LogP contribution in [0.2, 0.25) is 0 Å². The average molecular weight is 465 g/mol. The molecule has 0 aliphatic carbocycles. The van der Waals surface area contributed by atoms with Crippen LogP contribution in [0, 0.1) is 0 Å². The van der Waals surface area contributed by atoms with Crippen LogP contribution in [-0.4, -0.2) is 75.3 Å². The van der Waals surface area contributed by atoms with Crippen LogP contribution in [-0.2, 0) is 28.4 Å². The third-order valence-corrected chi connectivity index (χ3v) is 3.94. The summed E-state index contributed by atoms with van der Waals surface area (Å²) >= 11 is 0. The van der Waals surface area contributed by atoms with E-state index in [1.54, 1.807) is 0 Å². The molecule has 0 aliphatic heterocycles. The second-order valence-corrected chi connectivity index (χ2v) is 9.79. The zero-order valence-corrected chi connectivity index (χ0v) is 23.3. The first-order valence-corrected chi connectivity index (χ1v) is 12.6. The van der Waals surface area contributed by atoms with E-state index in [9.17, 15) is 0 Å². The van der Waals surface area contributed by atoms with Crippen molar-refractivity contribution in [2.75, 3.05) is 26.4 Å². The van der Waals surface area contributed by atoms with Gasteiger partial charge < -0.3 is 28.4 Å². The monoisotopic (exact) mass is 464 g/mol. The normalized spacial score (nSPS) is 12.4. The summed E-state index contributed by atoms with van der Waals surface area (Å²) in [5, 5.41) is 0. The van der Waals surface area contributed by atoms with Crippen LogP contribution in [0.25, 0.3) is 0 Å². The van der Waals surface area contributed by atoms with Crippen molar-refractivity contribution in [2.24, 2.45) is 0 Å². The second kappa shape index (κ2) is 21.3. The van der Waals surface area contributed by atoms with Gasteiger partial charge in [-0.25, -0.2) is 0 Å². The molecule has 0 aromatic rings. The van der Waals surface area contributed by atoms with E-state index in [1.165, 1.54) is 0 Å². The van der Waals surface area contributed by atoms with E-state index < -0.39 is 0 Å². The van der Waals surface area contributed by atoms with Gasteiger partial charge in [0.25, 0.3) is 0 Å². The first-order chi connectivity index (χ1) is 14.8. The molecule has 0 aromatic carbocycles. The zero-order valence-electron chi connectivity index (χ0n) is 23.3. The van der Waals surface area contributed by atoms with E-state index in [4.69, 9.17) is 28.4 Å². The molecule has 0 spiro atoms. The molecule has 0 fully saturated rings. The summed E-state index contributed by atoms with van der Waals surface area (Å²) in [5.41, 5.74) is 0. The molecule has 32 heavy (non-hydrogen) atoms. The van der Waals surface area contributed by atoms with Crippen molar-refractivity contribution in [3.8, 4) is 0 Å². The van der Waals surface area contributed by atoms with Crippen LogP contribution in [0.4, 0.5) is 0 Å². The molecule has 0 aliphatic rings. The number of hydrogen-bond donors (Lipinski definition) is 0. The Labute approximate surface area is 200 Å². The van der Waals surface area contributed by atoms with Crippen molar-refractivity contribution in [2.45, 2.75) is 145 Å². The Balaban J connectivity index is 0. The lowest BCUT2D eigenvalue weighted by atomic mass is 10.2. The second-order valence-electron chi connectivity index (χ2n) is 9.79. The molecule has 0 atom stereocenters. The van der Waals surface area contributed by atoms with Gasteiger partial charge in [-0.3, -0.25) is 0 Å². The van der Waals surface area contributed by atoms with Crippen LogP contribution in [0.1, 0.15) is 95.9 Å². The Morgan fingerprint density at radius 1 is 0.375 bits per heavy atom. The van der Waals surface area contributed by atoms with E-state index in [0.717, 1.165) is 26.1 Å². The van der Waals surface area contributed by atoms with Crippen molar-refractivity contribution in [3.63, 3.8) is 0 Å². The van der Waals surface area contributed by atoms with Crippen LogP contribution < -0.4 is 0 Å². The minimum atomic E-state index is 0.0369. The molecule has 0 unspecified atom stereocenters. The lowest BCUT2D eigenvalue weighted by Crippen LogP contribution is -2.30. The van der Waals surface area contributed by atoms with E-state index in [0.29, 0.717) is 25.4 Å². The average Bonchev–Trinajstić information content (AvgIpc) is 2.62. The molecule has 0 N–H and O–H groups in total. The van der Waals surface area contributed by atoms with Gasteiger partial charge in [-0.15, -0.1) is 0 Å². The minimum absolute atomic E-state index is 0.0369. The standard InChI is InChI=1S/C14H30O3.C12H26O3/c1-11(2)15-9-7-14(17-13(5)6)8-10-16-12(3)4;1-9(2)13-7-12(15-11(5)6)8-14-10(3)4/h11-14H,7-10H2,1-6H3;9-12H,7-8H2,1-6H3. The Morgan fingerprint density at radius 2 is 0.688 bits per heavy atom. The maximum Gasteiger partial charge on any atom is 0.104 e. The lowest BCUT2D eigenvalue weighted by Gasteiger charge is -2.22.